The van der Waals surface area contributed by atoms with Crippen LogP contribution in [-0.4, -0.2) is 0 Å². The third-order valence-electron chi connectivity index (χ3n) is 1.47. The second-order valence-corrected chi connectivity index (χ2v) is 2.07. The minimum Gasteiger partial charge on any atom is -0.0802 e. The van der Waals surface area contributed by atoms with Crippen LogP contribution in [0.4, 0.5) is 0 Å². The summed E-state index contributed by atoms with van der Waals surface area (Å²) < 4.78 is 0. The van der Waals surface area contributed by atoms with Gasteiger partial charge in [-0.3, -0.25) is 0 Å². The Kier molecular flexibility index (Phi) is 4.12. The molecule has 0 fully saturated rings. The van der Waals surface area contributed by atoms with Gasteiger partial charge >= 0.3 is 0 Å². The van der Waals surface area contributed by atoms with Crippen molar-refractivity contribution in [2.45, 2.75) is 34.1 Å². The smallest absolute Gasteiger partial charge is 0.0133 e. The Labute approximate surface area is 58.3 Å². The summed E-state index contributed by atoms with van der Waals surface area (Å²) in [6, 6.07) is 0. The average molecular weight is 124 g/mol. The van der Waals surface area contributed by atoms with Crippen LogP contribution in [0.15, 0.2) is 23.3 Å². The van der Waals surface area contributed by atoms with E-state index in [-0.39, 0.29) is 0 Å². The van der Waals surface area contributed by atoms with Crippen LogP contribution in [0.2, 0.25) is 0 Å². The number of allylic oxidation sites excluding steroid dienone is 4. The molecule has 0 nitrogen and oxygen atoms in total. The fraction of sp³-hybridized carbons (Fsp3) is 0.556. The molecule has 0 atom stereocenters. The molecule has 0 saturated carbocycles. The zero-order valence-corrected chi connectivity index (χ0v) is 6.86. The molecule has 0 heterocycles. The van der Waals surface area contributed by atoms with Gasteiger partial charge in [0.2, 0.25) is 0 Å². The van der Waals surface area contributed by atoms with E-state index < -0.39 is 0 Å². The lowest BCUT2D eigenvalue weighted by Crippen LogP contribution is -1.67. The zero-order valence-electron chi connectivity index (χ0n) is 6.86. The zero-order chi connectivity index (χ0) is 7.28. The molecule has 0 radical (unpaired) electrons. The first kappa shape index (κ1) is 8.48. The van der Waals surface area contributed by atoms with Crippen molar-refractivity contribution in [2.24, 2.45) is 0 Å². The van der Waals surface area contributed by atoms with E-state index in [2.05, 4.69) is 26.0 Å². The Hall–Kier alpha value is -0.520. The number of rotatable bonds is 0. The molecular weight excluding hydrogens is 108 g/mol. The van der Waals surface area contributed by atoms with Crippen molar-refractivity contribution >= 4 is 0 Å². The van der Waals surface area contributed by atoms with Crippen molar-refractivity contribution in [2.75, 3.05) is 0 Å². The van der Waals surface area contributed by atoms with Crippen LogP contribution in [0.25, 0.3) is 0 Å². The van der Waals surface area contributed by atoms with Crippen LogP contribution in [0.3, 0.4) is 0 Å². The molecule has 1 aliphatic carbocycles. The first-order chi connectivity index (χ1) is 4.30. The van der Waals surface area contributed by atoms with Crippen molar-refractivity contribution < 1.29 is 0 Å². The number of hydrogen-bond donors (Lipinski definition) is 0. The second kappa shape index (κ2) is 4.37. The van der Waals surface area contributed by atoms with Gasteiger partial charge < -0.3 is 0 Å². The molecule has 0 bridgehead atoms. The molecule has 0 saturated heterocycles. The Bertz CT molecular complexity index is 127. The lowest BCUT2D eigenvalue weighted by molar-refractivity contribution is 1.22. The summed E-state index contributed by atoms with van der Waals surface area (Å²) in [6.45, 7) is 8.33. The third-order valence-corrected chi connectivity index (χ3v) is 1.47. The van der Waals surface area contributed by atoms with Gasteiger partial charge in [-0.25, -0.2) is 0 Å². The van der Waals surface area contributed by atoms with E-state index in [1.54, 1.807) is 0 Å². The normalized spacial score (nSPS) is 15.6. The maximum Gasteiger partial charge on any atom is -0.0133 e. The highest BCUT2D eigenvalue weighted by Crippen LogP contribution is 2.16. The molecule has 0 N–H and O–H groups in total. The fourth-order valence-corrected chi connectivity index (χ4v) is 0.716. The minimum absolute atomic E-state index is 1.17. The van der Waals surface area contributed by atoms with Crippen molar-refractivity contribution in [3.63, 3.8) is 0 Å². The predicted molar refractivity (Wildman–Crippen MR) is 43.5 cm³/mol. The van der Waals surface area contributed by atoms with Crippen molar-refractivity contribution in [1.29, 1.82) is 0 Å². The first-order valence-corrected chi connectivity index (χ1v) is 3.63. The molecule has 0 aromatic carbocycles. The van der Waals surface area contributed by atoms with E-state index in [9.17, 15) is 0 Å². The van der Waals surface area contributed by atoms with Gasteiger partial charge in [0.1, 0.15) is 0 Å². The average Bonchev–Trinajstić information content (AvgIpc) is 2.23. The summed E-state index contributed by atoms with van der Waals surface area (Å²) in [7, 11) is 0. The van der Waals surface area contributed by atoms with Crippen LogP contribution in [-0.2, 0) is 0 Å². The van der Waals surface area contributed by atoms with E-state index >= 15 is 0 Å². The lowest BCUT2D eigenvalue weighted by atomic mass is 10.2. The van der Waals surface area contributed by atoms with Crippen LogP contribution in [0.5, 0.6) is 0 Å². The van der Waals surface area contributed by atoms with Crippen LogP contribution < -0.4 is 0 Å². The maximum atomic E-state index is 2.20. The molecule has 0 aliphatic heterocycles. The topological polar surface area (TPSA) is 0 Å². The molecular formula is C9H16. The second-order valence-electron chi connectivity index (χ2n) is 2.07. The highest BCUT2D eigenvalue weighted by Gasteiger charge is 1.95. The summed E-state index contributed by atoms with van der Waals surface area (Å²) in [6.07, 6.45) is 5.55. The van der Waals surface area contributed by atoms with Gasteiger partial charge in [0.05, 0.1) is 0 Å². The largest absolute Gasteiger partial charge is 0.0802 e. The standard InChI is InChI=1S/C7H10.C2H6/c1-6-4-3-5-7(6)2;1-2/h3-4H,5H2,1-2H3;1-2H3. The molecule has 0 spiro atoms. The van der Waals surface area contributed by atoms with E-state index in [1.807, 2.05) is 13.8 Å². The Morgan fingerprint density at radius 1 is 1.22 bits per heavy atom. The molecule has 0 aromatic heterocycles. The van der Waals surface area contributed by atoms with Gasteiger partial charge in [-0.2, -0.15) is 0 Å². The Morgan fingerprint density at radius 2 is 1.78 bits per heavy atom. The van der Waals surface area contributed by atoms with Crippen LogP contribution >= 0.6 is 0 Å². The van der Waals surface area contributed by atoms with Gasteiger partial charge in [0.25, 0.3) is 0 Å². The van der Waals surface area contributed by atoms with E-state index in [4.69, 9.17) is 0 Å². The quantitative estimate of drug-likeness (QED) is 0.464. The van der Waals surface area contributed by atoms with Gasteiger partial charge in [0.15, 0.2) is 0 Å². The predicted octanol–water partition coefficient (Wildman–Crippen LogP) is 3.31. The highest BCUT2D eigenvalue weighted by atomic mass is 14.0. The SMILES string of the molecule is CC.CC1=C(C)CC=C1. The Morgan fingerprint density at radius 3 is 1.89 bits per heavy atom. The summed E-state index contributed by atoms with van der Waals surface area (Å²) in [5.41, 5.74) is 2.96. The molecule has 0 heteroatoms. The van der Waals surface area contributed by atoms with Crippen molar-refractivity contribution in [3.05, 3.63) is 23.3 Å². The highest BCUT2D eigenvalue weighted by molar-refractivity contribution is 5.30. The van der Waals surface area contributed by atoms with Crippen molar-refractivity contribution in [1.82, 2.24) is 0 Å². The van der Waals surface area contributed by atoms with Gasteiger partial charge in [-0.05, 0) is 20.3 Å². The summed E-state index contributed by atoms with van der Waals surface area (Å²) in [5.74, 6) is 0. The van der Waals surface area contributed by atoms with Gasteiger partial charge in [0, 0.05) is 0 Å². The monoisotopic (exact) mass is 124 g/mol. The lowest BCUT2D eigenvalue weighted by Gasteiger charge is -1.87. The first-order valence-electron chi connectivity index (χ1n) is 3.63. The van der Waals surface area contributed by atoms with Crippen LogP contribution in [0.1, 0.15) is 34.1 Å². The Balaban J connectivity index is 0.000000291. The summed E-state index contributed by atoms with van der Waals surface area (Å²) in [5, 5.41) is 0. The van der Waals surface area contributed by atoms with Crippen molar-refractivity contribution in [3.8, 4) is 0 Å². The summed E-state index contributed by atoms with van der Waals surface area (Å²) in [4.78, 5) is 0. The molecule has 1 rings (SSSR count). The van der Waals surface area contributed by atoms with E-state index in [0.717, 1.165) is 0 Å². The van der Waals surface area contributed by atoms with Gasteiger partial charge in [-0.15, -0.1) is 0 Å². The van der Waals surface area contributed by atoms with E-state index in [1.165, 1.54) is 17.6 Å². The molecule has 52 valence electrons. The maximum absolute atomic E-state index is 2.20. The molecule has 9 heavy (non-hydrogen) atoms. The van der Waals surface area contributed by atoms with Gasteiger partial charge in [-0.1, -0.05) is 37.1 Å². The number of hydrogen-bond acceptors (Lipinski definition) is 0. The minimum atomic E-state index is 1.17. The fourth-order valence-electron chi connectivity index (χ4n) is 0.716. The van der Waals surface area contributed by atoms with Crippen LogP contribution in [0, 0.1) is 0 Å². The van der Waals surface area contributed by atoms with E-state index in [0.29, 0.717) is 0 Å². The molecule has 0 unspecified atom stereocenters. The molecule has 1 aliphatic rings. The third kappa shape index (κ3) is 2.50. The molecule has 0 aromatic rings. The molecule has 0 amide bonds. The summed E-state index contributed by atoms with van der Waals surface area (Å²) >= 11 is 0.